The maximum atomic E-state index is 12.2. The van der Waals surface area contributed by atoms with E-state index in [-0.39, 0.29) is 11.9 Å². The molecule has 0 saturated heterocycles. The minimum Gasteiger partial charge on any atom is -0.465 e. The summed E-state index contributed by atoms with van der Waals surface area (Å²) < 4.78 is 10.3. The SMILES string of the molecule is COC(=O)c1c(N[C@@H]2OC(=O)c3ccccc32)sc2c1CCC2. The molecule has 2 heterocycles. The van der Waals surface area contributed by atoms with Gasteiger partial charge in [-0.2, -0.15) is 0 Å². The van der Waals surface area contributed by atoms with Crippen LogP contribution in [0.2, 0.25) is 0 Å². The number of carbonyl (C=O) groups is 2. The van der Waals surface area contributed by atoms with Crippen molar-refractivity contribution in [2.75, 3.05) is 12.4 Å². The van der Waals surface area contributed by atoms with Gasteiger partial charge in [0.1, 0.15) is 5.00 Å². The number of cyclic esters (lactones) is 1. The zero-order valence-corrected chi connectivity index (χ0v) is 13.4. The quantitative estimate of drug-likeness (QED) is 0.875. The number of nitrogens with one attached hydrogen (secondary N) is 1. The van der Waals surface area contributed by atoms with Crippen LogP contribution >= 0.6 is 11.3 Å². The molecule has 1 atom stereocenters. The topological polar surface area (TPSA) is 64.6 Å². The second kappa shape index (κ2) is 5.38. The van der Waals surface area contributed by atoms with E-state index in [1.165, 1.54) is 12.0 Å². The van der Waals surface area contributed by atoms with Crippen molar-refractivity contribution in [2.45, 2.75) is 25.5 Å². The normalized spacial score (nSPS) is 18.3. The lowest BCUT2D eigenvalue weighted by molar-refractivity contribution is 0.0437. The number of rotatable bonds is 3. The van der Waals surface area contributed by atoms with Crippen molar-refractivity contribution in [1.29, 1.82) is 0 Å². The molecular weight excluding hydrogens is 314 g/mol. The number of hydrogen-bond donors (Lipinski definition) is 1. The van der Waals surface area contributed by atoms with Crippen LogP contribution in [0.4, 0.5) is 5.00 Å². The molecule has 23 heavy (non-hydrogen) atoms. The summed E-state index contributed by atoms with van der Waals surface area (Å²) >= 11 is 1.55. The predicted molar refractivity (Wildman–Crippen MR) is 85.9 cm³/mol. The lowest BCUT2D eigenvalue weighted by Gasteiger charge is -2.14. The summed E-state index contributed by atoms with van der Waals surface area (Å²) in [7, 11) is 1.38. The van der Waals surface area contributed by atoms with Crippen LogP contribution < -0.4 is 5.32 Å². The number of hydrogen-bond acceptors (Lipinski definition) is 6. The van der Waals surface area contributed by atoms with Crippen molar-refractivity contribution in [3.8, 4) is 0 Å². The molecule has 0 fully saturated rings. The molecule has 0 unspecified atom stereocenters. The standard InChI is InChI=1S/C17H15NO4S/c1-21-17(20)13-11-7-4-8-12(11)23-15(13)18-14-9-5-2-3-6-10(9)16(19)22-14/h2-3,5-6,14,18H,4,7-8H2,1H3/t14-/m1/s1. The molecule has 1 aromatic carbocycles. The molecule has 1 aliphatic carbocycles. The van der Waals surface area contributed by atoms with Crippen LogP contribution in [0.5, 0.6) is 0 Å². The van der Waals surface area contributed by atoms with E-state index in [0.29, 0.717) is 11.1 Å². The van der Waals surface area contributed by atoms with Gasteiger partial charge < -0.3 is 14.8 Å². The molecule has 5 nitrogen and oxygen atoms in total. The Kier molecular flexibility index (Phi) is 3.34. The van der Waals surface area contributed by atoms with Crippen LogP contribution in [0.15, 0.2) is 24.3 Å². The molecule has 2 aliphatic rings. The second-order valence-electron chi connectivity index (χ2n) is 5.57. The molecule has 1 aromatic heterocycles. The van der Waals surface area contributed by atoms with E-state index < -0.39 is 6.23 Å². The minimum absolute atomic E-state index is 0.343. The highest BCUT2D eigenvalue weighted by atomic mass is 32.1. The van der Waals surface area contributed by atoms with Gasteiger partial charge in [-0.25, -0.2) is 9.59 Å². The third-order valence-electron chi connectivity index (χ3n) is 4.26. The Hall–Kier alpha value is -2.34. The van der Waals surface area contributed by atoms with Gasteiger partial charge in [-0.05, 0) is 30.9 Å². The molecule has 0 radical (unpaired) electrons. The number of benzene rings is 1. The van der Waals surface area contributed by atoms with Gasteiger partial charge in [0.2, 0.25) is 6.23 Å². The molecule has 0 bridgehead atoms. The Labute approximate surface area is 137 Å². The van der Waals surface area contributed by atoms with Crippen molar-refractivity contribution < 1.29 is 19.1 Å². The molecule has 6 heteroatoms. The Morgan fingerprint density at radius 2 is 2.17 bits per heavy atom. The zero-order chi connectivity index (χ0) is 16.0. The lowest BCUT2D eigenvalue weighted by atomic mass is 10.1. The highest BCUT2D eigenvalue weighted by Gasteiger charge is 2.34. The molecule has 1 aliphatic heterocycles. The molecule has 2 aromatic rings. The van der Waals surface area contributed by atoms with Gasteiger partial charge in [-0.15, -0.1) is 11.3 Å². The summed E-state index contributed by atoms with van der Waals surface area (Å²) in [5, 5.41) is 3.93. The summed E-state index contributed by atoms with van der Waals surface area (Å²) in [4.78, 5) is 25.3. The van der Waals surface area contributed by atoms with Crippen molar-refractivity contribution >= 4 is 28.3 Å². The number of anilines is 1. The first-order chi connectivity index (χ1) is 11.2. The van der Waals surface area contributed by atoms with Crippen molar-refractivity contribution in [2.24, 2.45) is 0 Å². The fourth-order valence-corrected chi connectivity index (χ4v) is 4.49. The molecule has 4 rings (SSSR count). The molecule has 0 spiro atoms. The number of aryl methyl sites for hydroxylation is 1. The summed E-state index contributed by atoms with van der Waals surface area (Å²) in [6.07, 6.45) is 2.36. The fourth-order valence-electron chi connectivity index (χ4n) is 3.20. The first-order valence-electron chi connectivity index (χ1n) is 7.48. The summed E-state index contributed by atoms with van der Waals surface area (Å²) in [6, 6.07) is 7.28. The minimum atomic E-state index is -0.569. The van der Waals surface area contributed by atoms with Gasteiger partial charge in [0.15, 0.2) is 0 Å². The van der Waals surface area contributed by atoms with Crippen LogP contribution in [-0.4, -0.2) is 19.0 Å². The molecule has 118 valence electrons. The van der Waals surface area contributed by atoms with E-state index in [2.05, 4.69) is 5.32 Å². The highest BCUT2D eigenvalue weighted by Crippen LogP contribution is 2.42. The number of fused-ring (bicyclic) bond motifs is 2. The molecule has 0 amide bonds. The third-order valence-corrected chi connectivity index (χ3v) is 5.48. The van der Waals surface area contributed by atoms with Crippen molar-refractivity contribution in [3.63, 3.8) is 0 Å². The number of carbonyl (C=O) groups excluding carboxylic acids is 2. The van der Waals surface area contributed by atoms with E-state index in [9.17, 15) is 9.59 Å². The maximum absolute atomic E-state index is 12.2. The summed E-state index contributed by atoms with van der Waals surface area (Å²) in [5.41, 5.74) is 3.02. The van der Waals surface area contributed by atoms with Crippen LogP contribution in [0.25, 0.3) is 0 Å². The number of methoxy groups -OCH3 is 1. The van der Waals surface area contributed by atoms with Gasteiger partial charge >= 0.3 is 11.9 Å². The van der Waals surface area contributed by atoms with E-state index in [4.69, 9.17) is 9.47 Å². The van der Waals surface area contributed by atoms with Crippen molar-refractivity contribution in [3.05, 3.63) is 51.4 Å². The number of esters is 2. The van der Waals surface area contributed by atoms with Crippen LogP contribution in [0, 0.1) is 0 Å². The first-order valence-corrected chi connectivity index (χ1v) is 8.30. The second-order valence-corrected chi connectivity index (χ2v) is 6.68. The average Bonchev–Trinajstić information content (AvgIpc) is 3.21. The van der Waals surface area contributed by atoms with E-state index in [1.54, 1.807) is 17.4 Å². The highest BCUT2D eigenvalue weighted by molar-refractivity contribution is 7.16. The molecule has 0 saturated carbocycles. The number of thiophene rings is 1. The first kappa shape index (κ1) is 14.3. The Morgan fingerprint density at radius 1 is 1.35 bits per heavy atom. The number of ether oxygens (including phenoxy) is 2. The third kappa shape index (κ3) is 2.21. The summed E-state index contributed by atoms with van der Waals surface area (Å²) in [5.74, 6) is -0.689. The average molecular weight is 329 g/mol. The van der Waals surface area contributed by atoms with Crippen molar-refractivity contribution in [1.82, 2.24) is 0 Å². The van der Waals surface area contributed by atoms with Crippen LogP contribution in [0.3, 0.4) is 0 Å². The van der Waals surface area contributed by atoms with E-state index in [1.807, 2.05) is 18.2 Å². The smallest absolute Gasteiger partial charge is 0.341 e. The lowest BCUT2D eigenvalue weighted by Crippen LogP contribution is -2.13. The van der Waals surface area contributed by atoms with E-state index in [0.717, 1.165) is 35.4 Å². The van der Waals surface area contributed by atoms with Gasteiger partial charge in [0.05, 0.1) is 18.2 Å². The largest absolute Gasteiger partial charge is 0.465 e. The van der Waals surface area contributed by atoms with Gasteiger partial charge in [-0.3, -0.25) is 0 Å². The van der Waals surface area contributed by atoms with E-state index >= 15 is 0 Å². The monoisotopic (exact) mass is 329 g/mol. The van der Waals surface area contributed by atoms with Gasteiger partial charge in [-0.1, -0.05) is 18.2 Å². The predicted octanol–water partition coefficient (Wildman–Crippen LogP) is 3.30. The van der Waals surface area contributed by atoms with Gasteiger partial charge in [0, 0.05) is 10.4 Å². The Balaban J connectivity index is 1.71. The zero-order valence-electron chi connectivity index (χ0n) is 12.5. The molecule has 1 N–H and O–H groups in total. The Bertz CT molecular complexity index is 811. The Morgan fingerprint density at radius 3 is 3.00 bits per heavy atom. The molecular formula is C17H15NO4S. The van der Waals surface area contributed by atoms with Gasteiger partial charge in [0.25, 0.3) is 0 Å². The van der Waals surface area contributed by atoms with Crippen LogP contribution in [-0.2, 0) is 22.3 Å². The maximum Gasteiger partial charge on any atom is 0.341 e. The van der Waals surface area contributed by atoms with Crippen LogP contribution in [0.1, 0.15) is 49.4 Å². The summed E-state index contributed by atoms with van der Waals surface area (Å²) in [6.45, 7) is 0. The fraction of sp³-hybridized carbons (Fsp3) is 0.294.